The third-order valence-electron chi connectivity index (χ3n) is 2.90. The second-order valence-corrected chi connectivity index (χ2v) is 4.74. The van der Waals surface area contributed by atoms with Crippen molar-refractivity contribution in [3.05, 3.63) is 29.8 Å². The molecule has 1 fully saturated rings. The van der Waals surface area contributed by atoms with Crippen molar-refractivity contribution in [3.8, 4) is 0 Å². The second kappa shape index (κ2) is 5.93. The van der Waals surface area contributed by atoms with E-state index in [2.05, 4.69) is 5.32 Å². The molecular weight excluding hydrogens is 248 g/mol. The lowest BCUT2D eigenvalue weighted by Crippen LogP contribution is -2.21. The van der Waals surface area contributed by atoms with E-state index >= 15 is 0 Å². The van der Waals surface area contributed by atoms with Gasteiger partial charge in [0.2, 0.25) is 5.91 Å². The number of hydrogen-bond acceptors (Lipinski definition) is 3. The average Bonchev–Trinajstić information content (AvgIpc) is 2.82. The Morgan fingerprint density at radius 3 is 2.94 bits per heavy atom. The number of benzene rings is 1. The molecule has 4 nitrogen and oxygen atoms in total. The minimum absolute atomic E-state index is 0.0435. The van der Waals surface area contributed by atoms with Gasteiger partial charge < -0.3 is 15.8 Å². The number of nitrogens with two attached hydrogens (primary N) is 1. The summed E-state index contributed by atoms with van der Waals surface area (Å²) in [7, 11) is 0. The van der Waals surface area contributed by atoms with Crippen LogP contribution < -0.4 is 11.1 Å². The highest BCUT2D eigenvalue weighted by Crippen LogP contribution is 2.18. The van der Waals surface area contributed by atoms with E-state index in [4.69, 9.17) is 22.7 Å². The molecule has 1 unspecified atom stereocenters. The van der Waals surface area contributed by atoms with Crippen LogP contribution in [-0.4, -0.2) is 23.6 Å². The monoisotopic (exact) mass is 264 g/mol. The predicted molar refractivity (Wildman–Crippen MR) is 74.6 cm³/mol. The lowest BCUT2D eigenvalue weighted by atomic mass is 10.1. The van der Waals surface area contributed by atoms with Gasteiger partial charge in [0, 0.05) is 12.2 Å². The molecule has 0 radical (unpaired) electrons. The molecule has 96 valence electrons. The van der Waals surface area contributed by atoms with Crippen LogP contribution in [0.1, 0.15) is 24.8 Å². The SMILES string of the molecule is NC(=S)c1ccccc1NC(=O)CC1CCCO1. The zero-order valence-corrected chi connectivity index (χ0v) is 10.8. The summed E-state index contributed by atoms with van der Waals surface area (Å²) in [4.78, 5) is 12.1. The van der Waals surface area contributed by atoms with E-state index in [0.717, 1.165) is 19.4 Å². The van der Waals surface area contributed by atoms with E-state index in [1.807, 2.05) is 12.1 Å². The fourth-order valence-electron chi connectivity index (χ4n) is 2.02. The number of thiocarbonyl (C=S) groups is 1. The number of para-hydroxylation sites is 1. The molecule has 18 heavy (non-hydrogen) atoms. The minimum Gasteiger partial charge on any atom is -0.389 e. The molecule has 1 aromatic carbocycles. The van der Waals surface area contributed by atoms with Gasteiger partial charge >= 0.3 is 0 Å². The summed E-state index contributed by atoms with van der Waals surface area (Å²) in [6, 6.07) is 7.26. The van der Waals surface area contributed by atoms with Crippen LogP contribution in [0.5, 0.6) is 0 Å². The van der Waals surface area contributed by atoms with Gasteiger partial charge in [0.05, 0.1) is 18.2 Å². The number of hydrogen-bond donors (Lipinski definition) is 2. The molecule has 0 saturated carbocycles. The van der Waals surface area contributed by atoms with Crippen LogP contribution in [0, 0.1) is 0 Å². The van der Waals surface area contributed by atoms with Gasteiger partial charge in [-0.1, -0.05) is 24.4 Å². The van der Waals surface area contributed by atoms with Gasteiger partial charge in [0.1, 0.15) is 4.99 Å². The largest absolute Gasteiger partial charge is 0.389 e. The van der Waals surface area contributed by atoms with Gasteiger partial charge in [-0.2, -0.15) is 0 Å². The molecule has 5 heteroatoms. The van der Waals surface area contributed by atoms with Crippen molar-refractivity contribution in [1.82, 2.24) is 0 Å². The molecule has 1 atom stereocenters. The van der Waals surface area contributed by atoms with Gasteiger partial charge in [0.15, 0.2) is 0 Å². The number of ether oxygens (including phenoxy) is 1. The van der Waals surface area contributed by atoms with Crippen LogP contribution in [0.4, 0.5) is 5.69 Å². The second-order valence-electron chi connectivity index (χ2n) is 4.30. The summed E-state index contributed by atoms with van der Waals surface area (Å²) >= 11 is 4.95. The first-order chi connectivity index (χ1) is 8.66. The lowest BCUT2D eigenvalue weighted by Gasteiger charge is -2.12. The summed E-state index contributed by atoms with van der Waals surface area (Å²) in [5.41, 5.74) is 6.96. The van der Waals surface area contributed by atoms with Crippen LogP contribution in [0.3, 0.4) is 0 Å². The third kappa shape index (κ3) is 3.27. The smallest absolute Gasteiger partial charge is 0.227 e. The number of carbonyl (C=O) groups excluding carboxylic acids is 1. The van der Waals surface area contributed by atoms with Crippen LogP contribution in [0.25, 0.3) is 0 Å². The van der Waals surface area contributed by atoms with E-state index in [-0.39, 0.29) is 17.0 Å². The van der Waals surface area contributed by atoms with Crippen molar-refractivity contribution in [2.75, 3.05) is 11.9 Å². The molecule has 0 aliphatic carbocycles. The van der Waals surface area contributed by atoms with Crippen molar-refractivity contribution >= 4 is 28.8 Å². The molecule has 1 aliphatic heterocycles. The number of amides is 1. The molecule has 3 N–H and O–H groups in total. The normalized spacial score (nSPS) is 18.6. The Morgan fingerprint density at radius 2 is 2.28 bits per heavy atom. The first-order valence-electron chi connectivity index (χ1n) is 5.97. The fraction of sp³-hybridized carbons (Fsp3) is 0.385. The van der Waals surface area contributed by atoms with E-state index in [1.54, 1.807) is 12.1 Å². The van der Waals surface area contributed by atoms with Crippen molar-refractivity contribution in [3.63, 3.8) is 0 Å². The molecular formula is C13H16N2O2S. The van der Waals surface area contributed by atoms with Gasteiger partial charge in [-0.3, -0.25) is 4.79 Å². The number of carbonyl (C=O) groups is 1. The maximum Gasteiger partial charge on any atom is 0.227 e. The summed E-state index contributed by atoms with van der Waals surface area (Å²) in [5.74, 6) is -0.0643. The van der Waals surface area contributed by atoms with Crippen LogP contribution >= 0.6 is 12.2 Å². The average molecular weight is 264 g/mol. The summed E-state index contributed by atoms with van der Waals surface area (Å²) in [6.45, 7) is 0.751. The van der Waals surface area contributed by atoms with Crippen molar-refractivity contribution in [2.24, 2.45) is 5.73 Å². The molecule has 0 spiro atoms. The molecule has 0 aromatic heterocycles. The maximum absolute atomic E-state index is 11.9. The Bertz CT molecular complexity index is 456. The van der Waals surface area contributed by atoms with E-state index in [9.17, 15) is 4.79 Å². The highest BCUT2D eigenvalue weighted by Gasteiger charge is 2.19. The van der Waals surface area contributed by atoms with E-state index in [0.29, 0.717) is 17.7 Å². The number of nitrogens with one attached hydrogen (secondary N) is 1. The maximum atomic E-state index is 11.9. The predicted octanol–water partition coefficient (Wildman–Crippen LogP) is 1.83. The Balaban J connectivity index is 2.00. The molecule has 1 saturated heterocycles. The van der Waals surface area contributed by atoms with Crippen LogP contribution in [0.15, 0.2) is 24.3 Å². The lowest BCUT2D eigenvalue weighted by molar-refractivity contribution is -0.118. The molecule has 1 aromatic rings. The highest BCUT2D eigenvalue weighted by atomic mass is 32.1. The third-order valence-corrected chi connectivity index (χ3v) is 3.12. The Labute approximate surface area is 112 Å². The summed E-state index contributed by atoms with van der Waals surface area (Å²) in [5, 5.41) is 2.83. The Kier molecular flexibility index (Phi) is 4.28. The zero-order chi connectivity index (χ0) is 13.0. The van der Waals surface area contributed by atoms with Crippen molar-refractivity contribution in [2.45, 2.75) is 25.4 Å². The van der Waals surface area contributed by atoms with Gasteiger partial charge in [0.25, 0.3) is 0 Å². The topological polar surface area (TPSA) is 64.3 Å². The van der Waals surface area contributed by atoms with E-state index in [1.165, 1.54) is 0 Å². The van der Waals surface area contributed by atoms with Gasteiger partial charge in [-0.15, -0.1) is 0 Å². The summed E-state index contributed by atoms with van der Waals surface area (Å²) < 4.78 is 5.43. The molecule has 1 aliphatic rings. The Hall–Kier alpha value is -1.46. The zero-order valence-electron chi connectivity index (χ0n) is 10.0. The quantitative estimate of drug-likeness (QED) is 0.814. The van der Waals surface area contributed by atoms with E-state index < -0.39 is 0 Å². The van der Waals surface area contributed by atoms with Gasteiger partial charge in [-0.25, -0.2) is 0 Å². The Morgan fingerprint density at radius 1 is 1.50 bits per heavy atom. The van der Waals surface area contributed by atoms with Gasteiger partial charge in [-0.05, 0) is 25.0 Å². The first-order valence-corrected chi connectivity index (χ1v) is 6.38. The van der Waals surface area contributed by atoms with Crippen molar-refractivity contribution < 1.29 is 9.53 Å². The number of rotatable bonds is 4. The molecule has 0 bridgehead atoms. The minimum atomic E-state index is -0.0643. The van der Waals surface area contributed by atoms with Crippen LogP contribution in [-0.2, 0) is 9.53 Å². The highest BCUT2D eigenvalue weighted by molar-refractivity contribution is 7.80. The summed E-state index contributed by atoms with van der Waals surface area (Å²) in [6.07, 6.45) is 2.40. The molecule has 1 amide bonds. The fourth-order valence-corrected chi connectivity index (χ4v) is 2.20. The van der Waals surface area contributed by atoms with Crippen LogP contribution in [0.2, 0.25) is 0 Å². The number of anilines is 1. The molecule has 1 heterocycles. The molecule has 2 rings (SSSR count). The van der Waals surface area contributed by atoms with Crippen molar-refractivity contribution in [1.29, 1.82) is 0 Å². The standard InChI is InChI=1S/C13H16N2O2S/c14-13(18)10-5-1-2-6-11(10)15-12(16)8-9-4-3-7-17-9/h1-2,5-6,9H,3-4,7-8H2,(H2,14,18)(H,15,16). The first kappa shape index (κ1) is 13.0.